The van der Waals surface area contributed by atoms with Crippen LogP contribution in [-0.2, 0) is 0 Å². The van der Waals surface area contributed by atoms with Crippen molar-refractivity contribution >= 4 is 11.9 Å². The van der Waals surface area contributed by atoms with Crippen molar-refractivity contribution in [1.29, 1.82) is 0 Å². The van der Waals surface area contributed by atoms with Crippen molar-refractivity contribution in [3.63, 3.8) is 0 Å². The minimum Gasteiger partial charge on any atom is -0.478 e. The molecule has 1 amide bonds. The Morgan fingerprint density at radius 2 is 2.15 bits per heavy atom. The van der Waals surface area contributed by atoms with Crippen LogP contribution < -0.4 is 5.32 Å². The Morgan fingerprint density at radius 1 is 1.40 bits per heavy atom. The average Bonchev–Trinajstić information content (AvgIpc) is 3.05. The first kappa shape index (κ1) is 13.8. The number of carbonyl (C=O) groups excluding carboxylic acids is 1. The molecule has 8 heteroatoms. The number of aromatic nitrogens is 2. The van der Waals surface area contributed by atoms with Crippen molar-refractivity contribution in [1.82, 2.24) is 15.5 Å². The van der Waals surface area contributed by atoms with E-state index in [0.717, 1.165) is 12.3 Å². The number of nitrogens with zero attached hydrogens (tertiary/aromatic N) is 2. The third-order valence-corrected chi connectivity index (χ3v) is 2.68. The van der Waals surface area contributed by atoms with Crippen LogP contribution in [0.4, 0.5) is 0 Å². The highest BCUT2D eigenvalue weighted by Crippen LogP contribution is 2.19. The van der Waals surface area contributed by atoms with E-state index in [1.807, 2.05) is 13.8 Å². The van der Waals surface area contributed by atoms with E-state index in [-0.39, 0.29) is 17.2 Å². The topological polar surface area (TPSA) is 118 Å². The van der Waals surface area contributed by atoms with Gasteiger partial charge in [-0.3, -0.25) is 4.79 Å². The number of carboxylic acids is 1. The number of furan rings is 1. The lowest BCUT2D eigenvalue weighted by Gasteiger charge is -2.17. The third kappa shape index (κ3) is 2.85. The van der Waals surface area contributed by atoms with Crippen LogP contribution in [0.3, 0.4) is 0 Å². The predicted molar refractivity (Wildman–Crippen MR) is 65.0 cm³/mol. The van der Waals surface area contributed by atoms with Gasteiger partial charge in [0.2, 0.25) is 6.39 Å². The fourth-order valence-corrected chi connectivity index (χ4v) is 1.62. The first-order chi connectivity index (χ1) is 9.49. The Hall–Kier alpha value is -2.64. The number of hydrogen-bond donors (Lipinski definition) is 2. The molecule has 1 unspecified atom stereocenters. The molecule has 0 saturated carbocycles. The molecule has 20 heavy (non-hydrogen) atoms. The van der Waals surface area contributed by atoms with Crippen molar-refractivity contribution in [2.75, 3.05) is 0 Å². The van der Waals surface area contributed by atoms with Gasteiger partial charge in [0.05, 0.1) is 11.6 Å². The van der Waals surface area contributed by atoms with Crippen LogP contribution in [-0.4, -0.2) is 27.1 Å². The molecule has 0 bridgehead atoms. The largest absolute Gasteiger partial charge is 0.478 e. The number of carboxylic acid groups (broad SMARTS) is 1. The Labute approximate surface area is 113 Å². The number of nitrogens with one attached hydrogen (secondary N) is 1. The summed E-state index contributed by atoms with van der Waals surface area (Å²) in [5.41, 5.74) is -0.0872. The van der Waals surface area contributed by atoms with Gasteiger partial charge < -0.3 is 19.4 Å². The molecule has 0 radical (unpaired) electrons. The van der Waals surface area contributed by atoms with Crippen LogP contribution in [0, 0.1) is 5.92 Å². The van der Waals surface area contributed by atoms with Crippen LogP contribution in [0.5, 0.6) is 0 Å². The van der Waals surface area contributed by atoms with Gasteiger partial charge >= 0.3 is 5.97 Å². The highest BCUT2D eigenvalue weighted by Gasteiger charge is 2.24. The van der Waals surface area contributed by atoms with Crippen molar-refractivity contribution in [2.24, 2.45) is 5.92 Å². The van der Waals surface area contributed by atoms with E-state index in [9.17, 15) is 9.59 Å². The Bertz CT molecular complexity index is 602. The van der Waals surface area contributed by atoms with E-state index in [1.54, 1.807) is 0 Å². The molecule has 106 valence electrons. The zero-order valence-electron chi connectivity index (χ0n) is 10.9. The fraction of sp³-hybridized carbons (Fsp3) is 0.333. The molecule has 0 spiro atoms. The molecule has 0 saturated heterocycles. The van der Waals surface area contributed by atoms with E-state index in [0.29, 0.717) is 5.82 Å². The first-order valence-electron chi connectivity index (χ1n) is 5.88. The van der Waals surface area contributed by atoms with Crippen molar-refractivity contribution in [3.8, 4) is 0 Å². The summed E-state index contributed by atoms with van der Waals surface area (Å²) in [7, 11) is 0. The molecule has 2 N–H and O–H groups in total. The molecule has 0 aliphatic heterocycles. The lowest BCUT2D eigenvalue weighted by molar-refractivity contribution is 0.0695. The minimum atomic E-state index is -1.16. The van der Waals surface area contributed by atoms with Gasteiger partial charge in [-0.25, -0.2) is 4.79 Å². The average molecular weight is 279 g/mol. The van der Waals surface area contributed by atoms with Gasteiger partial charge in [0.1, 0.15) is 6.26 Å². The normalized spacial score (nSPS) is 12.3. The zero-order valence-corrected chi connectivity index (χ0v) is 10.9. The van der Waals surface area contributed by atoms with E-state index in [2.05, 4.69) is 20.0 Å². The van der Waals surface area contributed by atoms with Gasteiger partial charge in [-0.1, -0.05) is 19.0 Å². The number of rotatable bonds is 5. The van der Waals surface area contributed by atoms with E-state index in [4.69, 9.17) is 9.52 Å². The monoisotopic (exact) mass is 279 g/mol. The van der Waals surface area contributed by atoms with Crippen LogP contribution in [0.25, 0.3) is 0 Å². The second kappa shape index (κ2) is 5.55. The highest BCUT2D eigenvalue weighted by molar-refractivity contribution is 5.95. The molecule has 0 aromatic carbocycles. The molecule has 2 aromatic rings. The lowest BCUT2D eigenvalue weighted by Crippen LogP contribution is -2.32. The summed E-state index contributed by atoms with van der Waals surface area (Å²) in [5.74, 6) is -1.42. The molecule has 8 nitrogen and oxygen atoms in total. The maximum absolute atomic E-state index is 12.0. The summed E-state index contributed by atoms with van der Waals surface area (Å²) in [6.07, 6.45) is 2.18. The highest BCUT2D eigenvalue weighted by atomic mass is 16.5. The van der Waals surface area contributed by atoms with Crippen LogP contribution in [0.1, 0.15) is 46.6 Å². The summed E-state index contributed by atoms with van der Waals surface area (Å²) >= 11 is 0. The second-order valence-electron chi connectivity index (χ2n) is 4.49. The maximum Gasteiger partial charge on any atom is 0.338 e. The molecular weight excluding hydrogens is 266 g/mol. The molecule has 1 atom stereocenters. The molecule has 0 aliphatic carbocycles. The third-order valence-electron chi connectivity index (χ3n) is 2.68. The molecular formula is C12H13N3O5. The van der Waals surface area contributed by atoms with Crippen molar-refractivity contribution in [3.05, 3.63) is 35.9 Å². The van der Waals surface area contributed by atoms with Gasteiger partial charge in [-0.2, -0.15) is 4.98 Å². The molecule has 0 fully saturated rings. The maximum atomic E-state index is 12.0. The summed E-state index contributed by atoms with van der Waals surface area (Å²) in [4.78, 5) is 26.6. The number of amides is 1. The Kier molecular flexibility index (Phi) is 3.83. The smallest absolute Gasteiger partial charge is 0.338 e. The van der Waals surface area contributed by atoms with E-state index < -0.39 is 17.9 Å². The van der Waals surface area contributed by atoms with Crippen molar-refractivity contribution in [2.45, 2.75) is 19.9 Å². The summed E-state index contributed by atoms with van der Waals surface area (Å²) in [5, 5.41) is 15.1. The zero-order chi connectivity index (χ0) is 14.7. The summed E-state index contributed by atoms with van der Waals surface area (Å²) in [6.45, 7) is 3.76. The van der Waals surface area contributed by atoms with Crippen LogP contribution >= 0.6 is 0 Å². The lowest BCUT2D eigenvalue weighted by atomic mass is 10.0. The van der Waals surface area contributed by atoms with Gasteiger partial charge in [-0.15, -0.1) is 0 Å². The fourth-order valence-electron chi connectivity index (χ4n) is 1.62. The SMILES string of the molecule is CC(C)C(NC(=O)c1cc(C(=O)O)co1)c1ncon1. The van der Waals surface area contributed by atoms with Gasteiger partial charge in [0.15, 0.2) is 11.6 Å². The number of carbonyl (C=O) groups is 2. The van der Waals surface area contributed by atoms with E-state index in [1.165, 1.54) is 6.39 Å². The van der Waals surface area contributed by atoms with Gasteiger partial charge in [-0.05, 0) is 5.92 Å². The first-order valence-corrected chi connectivity index (χ1v) is 5.88. The Morgan fingerprint density at radius 3 is 2.65 bits per heavy atom. The summed E-state index contributed by atoms with van der Waals surface area (Å²) in [6, 6.07) is 0.699. The quantitative estimate of drug-likeness (QED) is 0.850. The molecule has 2 aromatic heterocycles. The molecule has 0 aliphatic rings. The Balaban J connectivity index is 2.14. The predicted octanol–water partition coefficient (Wildman–Crippen LogP) is 1.49. The number of aromatic carboxylic acids is 1. The molecule has 2 heterocycles. The van der Waals surface area contributed by atoms with Crippen molar-refractivity contribution < 1.29 is 23.6 Å². The molecule has 2 rings (SSSR count). The van der Waals surface area contributed by atoms with Gasteiger partial charge in [0.25, 0.3) is 5.91 Å². The standard InChI is InChI=1S/C12H13N3O5/c1-6(2)9(10-13-5-20-15-10)14-11(16)8-3-7(4-19-8)12(17)18/h3-6,9H,1-2H3,(H,14,16)(H,17,18). The van der Waals surface area contributed by atoms with Gasteiger partial charge in [0, 0.05) is 6.07 Å². The number of hydrogen-bond acceptors (Lipinski definition) is 6. The summed E-state index contributed by atoms with van der Waals surface area (Å²) < 4.78 is 9.58. The second-order valence-corrected chi connectivity index (χ2v) is 4.49. The van der Waals surface area contributed by atoms with E-state index >= 15 is 0 Å². The minimum absolute atomic E-state index is 0.0189. The van der Waals surface area contributed by atoms with Crippen LogP contribution in [0.2, 0.25) is 0 Å². The van der Waals surface area contributed by atoms with Crippen LogP contribution in [0.15, 0.2) is 27.7 Å².